The van der Waals surface area contributed by atoms with E-state index in [9.17, 15) is 19.5 Å². The summed E-state index contributed by atoms with van der Waals surface area (Å²) in [5.41, 5.74) is 0.694. The second kappa shape index (κ2) is 11.7. The predicted octanol–water partition coefficient (Wildman–Crippen LogP) is 2.83. The molecule has 0 saturated carbocycles. The second-order valence-corrected chi connectivity index (χ2v) is 8.46. The summed E-state index contributed by atoms with van der Waals surface area (Å²) in [4.78, 5) is 37.9. The van der Waals surface area contributed by atoms with Gasteiger partial charge in [0.05, 0.1) is 25.1 Å². The Balaban J connectivity index is 2.76. The van der Waals surface area contributed by atoms with Crippen LogP contribution in [0.15, 0.2) is 30.3 Å². The highest BCUT2D eigenvalue weighted by atomic mass is 16.5. The lowest BCUT2D eigenvalue weighted by Crippen LogP contribution is -2.52. The maximum atomic E-state index is 12.8. The van der Waals surface area contributed by atoms with Crippen molar-refractivity contribution in [1.29, 1.82) is 0 Å². The molecule has 0 spiro atoms. The fraction of sp³-hybridized carbons (Fsp3) is 0.609. The van der Waals surface area contributed by atoms with Crippen molar-refractivity contribution in [3.05, 3.63) is 35.9 Å². The number of ether oxygens (including phenoxy) is 1. The first-order chi connectivity index (χ1) is 14.0. The summed E-state index contributed by atoms with van der Waals surface area (Å²) in [6, 6.07) is 9.37. The zero-order valence-electron chi connectivity index (χ0n) is 19.0. The number of hydrogen-bond donors (Lipinski definition) is 2. The lowest BCUT2D eigenvalue weighted by atomic mass is 9.81. The van der Waals surface area contributed by atoms with Crippen molar-refractivity contribution in [2.45, 2.75) is 64.5 Å². The molecule has 2 N–H and O–H groups in total. The number of carbonyl (C=O) groups is 3. The number of rotatable bonds is 12. The highest BCUT2D eigenvalue weighted by Crippen LogP contribution is 2.26. The van der Waals surface area contributed by atoms with Gasteiger partial charge >= 0.3 is 5.97 Å². The maximum absolute atomic E-state index is 12.8. The molecule has 0 saturated heterocycles. The van der Waals surface area contributed by atoms with E-state index in [1.54, 1.807) is 7.05 Å². The van der Waals surface area contributed by atoms with Crippen LogP contribution in [0.5, 0.6) is 0 Å². The molecule has 0 radical (unpaired) electrons. The summed E-state index contributed by atoms with van der Waals surface area (Å²) in [6.45, 7) is 7.78. The van der Waals surface area contributed by atoms with E-state index in [0.717, 1.165) is 12.0 Å². The Hall–Kier alpha value is -2.41. The van der Waals surface area contributed by atoms with Gasteiger partial charge in [-0.15, -0.1) is 0 Å². The van der Waals surface area contributed by atoms with Crippen LogP contribution < -0.4 is 5.32 Å². The number of amides is 2. The fourth-order valence-electron chi connectivity index (χ4n) is 3.68. The number of likely N-dealkylation sites (N-methyl/N-ethyl adjacent to an activating group) is 1. The smallest absolute Gasteiger partial charge is 0.306 e. The van der Waals surface area contributed by atoms with E-state index in [1.165, 1.54) is 12.0 Å². The Morgan fingerprint density at radius 2 is 1.80 bits per heavy atom. The first kappa shape index (κ1) is 25.6. The molecule has 3 atom stereocenters. The van der Waals surface area contributed by atoms with Gasteiger partial charge in [0.25, 0.3) is 0 Å². The van der Waals surface area contributed by atoms with Crippen molar-refractivity contribution in [3.63, 3.8) is 0 Å². The maximum Gasteiger partial charge on any atom is 0.306 e. The molecule has 3 unspecified atom stereocenters. The van der Waals surface area contributed by atoms with Crippen molar-refractivity contribution in [2.24, 2.45) is 5.92 Å². The Labute approximate surface area is 179 Å². The molecule has 2 amide bonds. The molecule has 0 aromatic heterocycles. The number of benzene rings is 1. The van der Waals surface area contributed by atoms with Gasteiger partial charge in [0, 0.05) is 20.6 Å². The summed E-state index contributed by atoms with van der Waals surface area (Å²) < 4.78 is 5.40. The molecular formula is C23H36N2O5. The van der Waals surface area contributed by atoms with E-state index in [0.29, 0.717) is 0 Å². The zero-order chi connectivity index (χ0) is 22.9. The Bertz CT molecular complexity index is 705. The van der Waals surface area contributed by atoms with Crippen LogP contribution in [-0.4, -0.2) is 60.6 Å². The zero-order valence-corrected chi connectivity index (χ0v) is 19.0. The number of carbonyl (C=O) groups excluding carboxylic acids is 2. The normalized spacial score (nSPS) is 14.5. The lowest BCUT2D eigenvalue weighted by Gasteiger charge is -2.37. The summed E-state index contributed by atoms with van der Waals surface area (Å²) >= 11 is 0. The minimum atomic E-state index is -0.979. The number of nitrogens with one attached hydrogen (secondary N) is 1. The van der Waals surface area contributed by atoms with Gasteiger partial charge in [-0.2, -0.15) is 0 Å². The van der Waals surface area contributed by atoms with E-state index < -0.39 is 18.1 Å². The van der Waals surface area contributed by atoms with Gasteiger partial charge in [-0.1, -0.05) is 64.4 Å². The first-order valence-electron chi connectivity index (χ1n) is 10.4. The van der Waals surface area contributed by atoms with Crippen molar-refractivity contribution < 1.29 is 24.2 Å². The standard InChI is InChI=1S/C23H36N2O5/c1-7-16(2)22(18(30-6)13-21(28)29)25(5)20(27)15-24-19(26)14-23(3,4)17-11-9-8-10-12-17/h8-12,16,18,22H,7,13-15H2,1-6H3,(H,24,26)(H,28,29). The van der Waals surface area contributed by atoms with Crippen LogP contribution in [0, 0.1) is 5.92 Å². The number of carboxylic acids is 1. The topological polar surface area (TPSA) is 95.9 Å². The van der Waals surface area contributed by atoms with Crippen LogP contribution in [0.4, 0.5) is 0 Å². The van der Waals surface area contributed by atoms with Crippen molar-refractivity contribution in [1.82, 2.24) is 10.2 Å². The molecule has 0 aliphatic rings. The molecule has 0 aliphatic carbocycles. The van der Waals surface area contributed by atoms with E-state index in [4.69, 9.17) is 4.74 Å². The monoisotopic (exact) mass is 420 g/mol. The number of carboxylic acid groups (broad SMARTS) is 1. The molecule has 7 heteroatoms. The summed E-state index contributed by atoms with van der Waals surface area (Å²) in [5, 5.41) is 11.9. The number of hydrogen-bond acceptors (Lipinski definition) is 4. The lowest BCUT2D eigenvalue weighted by molar-refractivity contribution is -0.145. The van der Waals surface area contributed by atoms with Crippen LogP contribution in [0.1, 0.15) is 52.5 Å². The minimum Gasteiger partial charge on any atom is -0.481 e. The van der Waals surface area contributed by atoms with Gasteiger partial charge in [-0.05, 0) is 16.9 Å². The van der Waals surface area contributed by atoms with Gasteiger partial charge in [0.15, 0.2) is 0 Å². The van der Waals surface area contributed by atoms with Gasteiger partial charge < -0.3 is 20.1 Å². The average molecular weight is 421 g/mol. The van der Waals surface area contributed by atoms with Crippen LogP contribution in [0.2, 0.25) is 0 Å². The fourth-order valence-corrected chi connectivity index (χ4v) is 3.68. The number of nitrogens with zero attached hydrogens (tertiary/aromatic N) is 1. The molecule has 0 heterocycles. The number of methoxy groups -OCH3 is 1. The van der Waals surface area contributed by atoms with Crippen molar-refractivity contribution in [3.8, 4) is 0 Å². The van der Waals surface area contributed by atoms with Gasteiger partial charge in [0.1, 0.15) is 0 Å². The molecule has 1 rings (SSSR count). The third kappa shape index (κ3) is 7.44. The molecule has 0 fully saturated rings. The van der Waals surface area contributed by atoms with E-state index in [2.05, 4.69) is 5.32 Å². The molecule has 0 aliphatic heterocycles. The predicted molar refractivity (Wildman–Crippen MR) is 116 cm³/mol. The van der Waals surface area contributed by atoms with E-state index in [1.807, 2.05) is 58.0 Å². The summed E-state index contributed by atoms with van der Waals surface area (Å²) in [5.74, 6) is -1.43. The third-order valence-corrected chi connectivity index (χ3v) is 5.72. The molecule has 1 aromatic carbocycles. The molecule has 1 aromatic rings. The van der Waals surface area contributed by atoms with Gasteiger partial charge in [-0.3, -0.25) is 14.4 Å². The van der Waals surface area contributed by atoms with Crippen molar-refractivity contribution in [2.75, 3.05) is 20.7 Å². The Morgan fingerprint density at radius 3 is 2.30 bits per heavy atom. The second-order valence-electron chi connectivity index (χ2n) is 8.46. The van der Waals surface area contributed by atoms with Crippen LogP contribution in [0.25, 0.3) is 0 Å². The molecule has 0 bridgehead atoms. The largest absolute Gasteiger partial charge is 0.481 e. The highest BCUT2D eigenvalue weighted by Gasteiger charge is 2.34. The van der Waals surface area contributed by atoms with Crippen LogP contribution in [0.3, 0.4) is 0 Å². The SMILES string of the molecule is CCC(C)C(C(CC(=O)O)OC)N(C)C(=O)CNC(=O)CC(C)(C)c1ccccc1. The average Bonchev–Trinajstić information content (AvgIpc) is 2.71. The first-order valence-corrected chi connectivity index (χ1v) is 10.4. The summed E-state index contributed by atoms with van der Waals surface area (Å²) in [6.07, 6.45) is 0.196. The van der Waals surface area contributed by atoms with Crippen molar-refractivity contribution >= 4 is 17.8 Å². The Morgan fingerprint density at radius 1 is 1.20 bits per heavy atom. The molecule has 7 nitrogen and oxygen atoms in total. The van der Waals surface area contributed by atoms with Crippen LogP contribution in [-0.2, 0) is 24.5 Å². The minimum absolute atomic E-state index is 0.0379. The van der Waals surface area contributed by atoms with E-state index >= 15 is 0 Å². The van der Waals surface area contributed by atoms with E-state index in [-0.39, 0.29) is 42.5 Å². The Kier molecular flexibility index (Phi) is 9.99. The molecule has 30 heavy (non-hydrogen) atoms. The van der Waals surface area contributed by atoms with Crippen LogP contribution >= 0.6 is 0 Å². The van der Waals surface area contributed by atoms with Gasteiger partial charge in [0.2, 0.25) is 11.8 Å². The van der Waals surface area contributed by atoms with Gasteiger partial charge in [-0.25, -0.2) is 0 Å². The number of aliphatic carboxylic acids is 1. The molecular weight excluding hydrogens is 384 g/mol. The molecule has 168 valence electrons. The summed E-state index contributed by atoms with van der Waals surface area (Å²) in [7, 11) is 3.09. The quantitative estimate of drug-likeness (QED) is 0.542. The highest BCUT2D eigenvalue weighted by molar-refractivity contribution is 5.85. The third-order valence-electron chi connectivity index (χ3n) is 5.72.